The molecule has 1 aromatic rings. The summed E-state index contributed by atoms with van der Waals surface area (Å²) in [7, 11) is -3.06. The van der Waals surface area contributed by atoms with Gasteiger partial charge in [-0.1, -0.05) is 12.1 Å². The number of benzene rings is 1. The molecule has 0 saturated heterocycles. The molecule has 1 aromatic carbocycles. The van der Waals surface area contributed by atoms with Gasteiger partial charge < -0.3 is 10.5 Å². The SMILES string of the molecule is Cc1cccc(OCCS(=O)(=O)CCN)c1. The van der Waals surface area contributed by atoms with Gasteiger partial charge in [0.1, 0.15) is 12.4 Å². The van der Waals surface area contributed by atoms with Crippen LogP contribution in [-0.2, 0) is 9.84 Å². The van der Waals surface area contributed by atoms with E-state index in [-0.39, 0.29) is 24.7 Å². The van der Waals surface area contributed by atoms with Gasteiger partial charge in [-0.05, 0) is 24.6 Å². The maximum Gasteiger partial charge on any atom is 0.154 e. The Balaban J connectivity index is 2.42. The summed E-state index contributed by atoms with van der Waals surface area (Å²) in [6.07, 6.45) is 0. The minimum Gasteiger partial charge on any atom is -0.493 e. The molecule has 0 amide bonds. The lowest BCUT2D eigenvalue weighted by Crippen LogP contribution is -2.22. The van der Waals surface area contributed by atoms with Crippen LogP contribution in [0.15, 0.2) is 24.3 Å². The fraction of sp³-hybridized carbons (Fsp3) is 0.455. The van der Waals surface area contributed by atoms with E-state index in [1.807, 2.05) is 31.2 Å². The molecule has 0 fully saturated rings. The second-order valence-corrected chi connectivity index (χ2v) is 5.91. The first-order valence-corrected chi connectivity index (χ1v) is 6.95. The van der Waals surface area contributed by atoms with Gasteiger partial charge in [-0.3, -0.25) is 0 Å². The quantitative estimate of drug-likeness (QED) is 0.800. The summed E-state index contributed by atoms with van der Waals surface area (Å²) in [4.78, 5) is 0. The van der Waals surface area contributed by atoms with Crippen molar-refractivity contribution in [2.75, 3.05) is 24.7 Å². The number of hydrogen-bond acceptors (Lipinski definition) is 4. The van der Waals surface area contributed by atoms with E-state index in [4.69, 9.17) is 10.5 Å². The molecule has 90 valence electrons. The Bertz CT molecular complexity index is 429. The zero-order valence-electron chi connectivity index (χ0n) is 9.35. The van der Waals surface area contributed by atoms with Crippen LogP contribution in [0.2, 0.25) is 0 Å². The van der Waals surface area contributed by atoms with Crippen LogP contribution in [0.25, 0.3) is 0 Å². The molecule has 0 atom stereocenters. The normalized spacial score (nSPS) is 11.4. The molecule has 0 radical (unpaired) electrons. The molecule has 1 rings (SSSR count). The predicted octanol–water partition coefficient (Wildman–Crippen LogP) is 0.747. The molecule has 5 heteroatoms. The molecule has 2 N–H and O–H groups in total. The smallest absolute Gasteiger partial charge is 0.154 e. The first-order valence-electron chi connectivity index (χ1n) is 5.13. The summed E-state index contributed by atoms with van der Waals surface area (Å²) in [6, 6.07) is 7.51. The van der Waals surface area contributed by atoms with Gasteiger partial charge in [-0.15, -0.1) is 0 Å². The number of nitrogens with two attached hydrogens (primary N) is 1. The van der Waals surface area contributed by atoms with Crippen molar-refractivity contribution >= 4 is 9.84 Å². The summed E-state index contributed by atoms with van der Waals surface area (Å²) in [5, 5.41) is 0. The Morgan fingerprint density at radius 1 is 1.31 bits per heavy atom. The van der Waals surface area contributed by atoms with Crippen molar-refractivity contribution in [1.82, 2.24) is 0 Å². The van der Waals surface area contributed by atoms with Crippen molar-refractivity contribution in [3.63, 3.8) is 0 Å². The lowest BCUT2D eigenvalue weighted by atomic mass is 10.2. The molecule has 0 aliphatic carbocycles. The highest BCUT2D eigenvalue weighted by Gasteiger charge is 2.09. The van der Waals surface area contributed by atoms with E-state index in [0.29, 0.717) is 5.75 Å². The molecule has 0 heterocycles. The highest BCUT2D eigenvalue weighted by Crippen LogP contribution is 2.12. The van der Waals surface area contributed by atoms with E-state index >= 15 is 0 Å². The molecule has 0 bridgehead atoms. The molecule has 0 aliphatic rings. The molecular weight excluding hydrogens is 226 g/mol. The van der Waals surface area contributed by atoms with E-state index in [2.05, 4.69) is 0 Å². The van der Waals surface area contributed by atoms with Crippen molar-refractivity contribution < 1.29 is 13.2 Å². The third-order valence-corrected chi connectivity index (χ3v) is 3.73. The Kier molecular flexibility index (Phi) is 4.76. The fourth-order valence-corrected chi connectivity index (χ4v) is 2.17. The van der Waals surface area contributed by atoms with E-state index in [1.165, 1.54) is 0 Å². The minimum absolute atomic E-state index is 0.0120. The van der Waals surface area contributed by atoms with Gasteiger partial charge in [0.05, 0.1) is 11.5 Å². The molecular formula is C11H17NO3S. The van der Waals surface area contributed by atoms with Gasteiger partial charge in [0.15, 0.2) is 9.84 Å². The lowest BCUT2D eigenvalue weighted by molar-refractivity contribution is 0.340. The third kappa shape index (κ3) is 4.63. The van der Waals surface area contributed by atoms with E-state index in [1.54, 1.807) is 0 Å². The highest BCUT2D eigenvalue weighted by molar-refractivity contribution is 7.91. The summed E-state index contributed by atoms with van der Waals surface area (Å²) in [5.74, 6) is 0.727. The molecule has 16 heavy (non-hydrogen) atoms. The van der Waals surface area contributed by atoms with Crippen molar-refractivity contribution in [3.8, 4) is 5.75 Å². The van der Waals surface area contributed by atoms with Crippen LogP contribution in [0.3, 0.4) is 0 Å². The molecule has 0 saturated carbocycles. The van der Waals surface area contributed by atoms with Gasteiger partial charge in [-0.2, -0.15) is 0 Å². The molecule has 4 nitrogen and oxygen atoms in total. The van der Waals surface area contributed by atoms with Crippen molar-refractivity contribution in [2.45, 2.75) is 6.92 Å². The Labute approximate surface area is 96.3 Å². The average molecular weight is 243 g/mol. The second kappa shape index (κ2) is 5.86. The first-order chi connectivity index (χ1) is 7.53. The van der Waals surface area contributed by atoms with Gasteiger partial charge in [0, 0.05) is 6.54 Å². The van der Waals surface area contributed by atoms with Crippen LogP contribution in [-0.4, -0.2) is 33.1 Å². The van der Waals surface area contributed by atoms with Crippen molar-refractivity contribution in [1.29, 1.82) is 0 Å². The topological polar surface area (TPSA) is 69.4 Å². The molecule has 0 spiro atoms. The lowest BCUT2D eigenvalue weighted by Gasteiger charge is -2.07. The van der Waals surface area contributed by atoms with Crippen molar-refractivity contribution in [3.05, 3.63) is 29.8 Å². The Morgan fingerprint density at radius 3 is 2.69 bits per heavy atom. The molecule has 0 aliphatic heterocycles. The standard InChI is InChI=1S/C11H17NO3S/c1-10-3-2-4-11(9-10)15-6-8-16(13,14)7-5-12/h2-4,9H,5-8,12H2,1H3. The summed E-state index contributed by atoms with van der Waals surface area (Å²) >= 11 is 0. The van der Waals surface area contributed by atoms with Crippen molar-refractivity contribution in [2.24, 2.45) is 5.73 Å². The van der Waals surface area contributed by atoms with Gasteiger partial charge in [-0.25, -0.2) is 8.42 Å². The van der Waals surface area contributed by atoms with Crippen LogP contribution in [0.4, 0.5) is 0 Å². The Hall–Kier alpha value is -1.07. The number of rotatable bonds is 6. The number of aryl methyl sites for hydroxylation is 1. The third-order valence-electron chi connectivity index (χ3n) is 2.08. The monoisotopic (exact) mass is 243 g/mol. The predicted molar refractivity (Wildman–Crippen MR) is 64.4 cm³/mol. The number of hydrogen-bond donors (Lipinski definition) is 1. The largest absolute Gasteiger partial charge is 0.493 e. The summed E-state index contributed by atoms with van der Waals surface area (Å²) in [6.45, 7) is 2.29. The van der Waals surface area contributed by atoms with E-state index in [9.17, 15) is 8.42 Å². The Morgan fingerprint density at radius 2 is 2.06 bits per heavy atom. The maximum atomic E-state index is 11.3. The van der Waals surface area contributed by atoms with Crippen LogP contribution >= 0.6 is 0 Å². The first kappa shape index (κ1) is 13.0. The maximum absolute atomic E-state index is 11.3. The zero-order chi connectivity index (χ0) is 12.0. The zero-order valence-corrected chi connectivity index (χ0v) is 10.2. The van der Waals surface area contributed by atoms with Crippen LogP contribution in [0.1, 0.15) is 5.56 Å². The van der Waals surface area contributed by atoms with E-state index < -0.39 is 9.84 Å². The van der Waals surface area contributed by atoms with Gasteiger partial charge in [0.2, 0.25) is 0 Å². The van der Waals surface area contributed by atoms with E-state index in [0.717, 1.165) is 5.56 Å². The average Bonchev–Trinajstić information content (AvgIpc) is 2.17. The number of sulfone groups is 1. The molecule has 0 unspecified atom stereocenters. The summed E-state index contributed by atoms with van der Waals surface area (Å²) in [5.41, 5.74) is 6.28. The van der Waals surface area contributed by atoms with Gasteiger partial charge >= 0.3 is 0 Å². The molecule has 0 aromatic heterocycles. The van der Waals surface area contributed by atoms with Crippen LogP contribution < -0.4 is 10.5 Å². The fourth-order valence-electron chi connectivity index (χ4n) is 1.27. The number of ether oxygens (including phenoxy) is 1. The van der Waals surface area contributed by atoms with Crippen LogP contribution in [0, 0.1) is 6.92 Å². The summed E-state index contributed by atoms with van der Waals surface area (Å²) < 4.78 is 28.0. The van der Waals surface area contributed by atoms with Crippen LogP contribution in [0.5, 0.6) is 5.75 Å². The highest BCUT2D eigenvalue weighted by atomic mass is 32.2. The second-order valence-electron chi connectivity index (χ2n) is 3.61. The van der Waals surface area contributed by atoms with Gasteiger partial charge in [0.25, 0.3) is 0 Å². The minimum atomic E-state index is -3.06.